The highest BCUT2D eigenvalue weighted by Crippen LogP contribution is 2.33. The summed E-state index contributed by atoms with van der Waals surface area (Å²) >= 11 is 0. The van der Waals surface area contributed by atoms with Crippen molar-refractivity contribution in [1.82, 2.24) is 9.78 Å². The van der Waals surface area contributed by atoms with E-state index in [1.165, 1.54) is 10.8 Å². The van der Waals surface area contributed by atoms with E-state index in [1.54, 1.807) is 13.1 Å². The number of aryl methyl sites for hydroxylation is 1. The summed E-state index contributed by atoms with van der Waals surface area (Å²) < 4.78 is 1.32. The van der Waals surface area contributed by atoms with Crippen molar-refractivity contribution in [2.24, 2.45) is 7.05 Å². The Morgan fingerprint density at radius 1 is 1.07 bits per heavy atom. The van der Waals surface area contributed by atoms with E-state index in [-0.39, 0.29) is 17.4 Å². The molecule has 1 aliphatic heterocycles. The number of allylic oxidation sites excluding steroid dienone is 1. The van der Waals surface area contributed by atoms with Gasteiger partial charge in [0.05, 0.1) is 5.56 Å². The minimum atomic E-state index is -0.250. The molecule has 4 rings (SSSR count). The molecule has 0 bridgehead atoms. The van der Waals surface area contributed by atoms with Gasteiger partial charge in [0, 0.05) is 25.2 Å². The molecule has 1 unspecified atom stereocenters. The van der Waals surface area contributed by atoms with Gasteiger partial charge in [0.15, 0.2) is 5.78 Å². The average Bonchev–Trinajstić information content (AvgIpc) is 3.45. The van der Waals surface area contributed by atoms with Crippen LogP contribution in [0.4, 0.5) is 5.69 Å². The van der Waals surface area contributed by atoms with Crippen molar-refractivity contribution in [3.05, 3.63) is 88.2 Å². The van der Waals surface area contributed by atoms with Gasteiger partial charge in [0.25, 0.3) is 5.56 Å². The molecule has 0 N–H and O–H groups in total. The maximum atomic E-state index is 13.2. The molecule has 0 spiro atoms. The molecule has 1 saturated heterocycles. The normalized spacial score (nSPS) is 15.8. The summed E-state index contributed by atoms with van der Waals surface area (Å²) in [4.78, 5) is 28.1. The van der Waals surface area contributed by atoms with Crippen molar-refractivity contribution in [3.63, 3.8) is 0 Å². The number of carbonyl (C=O) groups is 1. The number of aromatic nitrogens is 2. The summed E-state index contributed by atoms with van der Waals surface area (Å²) in [7, 11) is 1.63. The van der Waals surface area contributed by atoms with E-state index in [0.717, 1.165) is 17.7 Å². The number of hydrogen-bond acceptors (Lipinski definition) is 4. The first-order chi connectivity index (χ1) is 13.6. The number of carbonyl (C=O) groups excluding carboxylic acids is 1. The molecule has 0 radical (unpaired) electrons. The smallest absolute Gasteiger partial charge is 0.290 e. The van der Waals surface area contributed by atoms with E-state index in [0.29, 0.717) is 16.9 Å². The Labute approximate surface area is 163 Å². The number of rotatable bonds is 5. The Morgan fingerprint density at radius 3 is 2.29 bits per heavy atom. The first kappa shape index (κ1) is 17.9. The van der Waals surface area contributed by atoms with Crippen molar-refractivity contribution < 1.29 is 4.79 Å². The zero-order valence-electron chi connectivity index (χ0n) is 15.9. The number of benzene rings is 2. The lowest BCUT2D eigenvalue weighted by atomic mass is 10.0. The Kier molecular flexibility index (Phi) is 4.65. The molecular weight excluding hydrogens is 350 g/mol. The average molecular weight is 371 g/mol. The number of anilines is 1. The first-order valence-electron chi connectivity index (χ1n) is 9.27. The molecule has 0 aliphatic carbocycles. The summed E-state index contributed by atoms with van der Waals surface area (Å²) in [6, 6.07) is 19.4. The quantitative estimate of drug-likeness (QED) is 0.391. The molecule has 140 valence electrons. The highest BCUT2D eigenvalue weighted by Gasteiger charge is 2.36. The van der Waals surface area contributed by atoms with Gasteiger partial charge >= 0.3 is 0 Å². The van der Waals surface area contributed by atoms with Gasteiger partial charge in [-0.05, 0) is 18.6 Å². The Bertz CT molecular complexity index is 1100. The van der Waals surface area contributed by atoms with Crippen molar-refractivity contribution in [1.29, 1.82) is 0 Å². The van der Waals surface area contributed by atoms with Crippen LogP contribution in [0.15, 0.2) is 71.5 Å². The second-order valence-corrected chi connectivity index (χ2v) is 6.98. The van der Waals surface area contributed by atoms with Gasteiger partial charge in [-0.3, -0.25) is 9.59 Å². The van der Waals surface area contributed by atoms with E-state index in [2.05, 4.69) is 5.10 Å². The van der Waals surface area contributed by atoms with Crippen LogP contribution in [0.1, 0.15) is 22.8 Å². The molecular formula is C23H21N3O2. The maximum Gasteiger partial charge on any atom is 0.290 e. The van der Waals surface area contributed by atoms with Gasteiger partial charge < -0.3 is 4.90 Å². The van der Waals surface area contributed by atoms with Crippen molar-refractivity contribution >= 4 is 17.5 Å². The maximum absolute atomic E-state index is 13.2. The standard InChI is InChI=1S/C23H21N3O2/c1-16-15-26(16)22-20(19(27)14-13-17-9-5-3-6-10-17)21(24-25(2)23(22)28)18-11-7-4-8-12-18/h3-14,16H,15H2,1-2H3/b14-13+. The van der Waals surface area contributed by atoms with E-state index >= 15 is 0 Å². The predicted molar refractivity (Wildman–Crippen MR) is 112 cm³/mol. The van der Waals surface area contributed by atoms with Gasteiger partial charge in [0.1, 0.15) is 11.4 Å². The third-order valence-corrected chi connectivity index (χ3v) is 4.89. The summed E-state index contributed by atoms with van der Waals surface area (Å²) in [6.07, 6.45) is 3.29. The highest BCUT2D eigenvalue weighted by atomic mass is 16.1. The molecule has 1 atom stereocenters. The third-order valence-electron chi connectivity index (χ3n) is 4.89. The van der Waals surface area contributed by atoms with Gasteiger partial charge in [-0.15, -0.1) is 0 Å². The Hall–Kier alpha value is -3.47. The fourth-order valence-electron chi connectivity index (χ4n) is 3.28. The van der Waals surface area contributed by atoms with E-state index in [9.17, 15) is 9.59 Å². The Balaban J connectivity index is 1.88. The molecule has 1 aromatic heterocycles. The molecule has 5 heteroatoms. The fourth-order valence-corrected chi connectivity index (χ4v) is 3.28. The summed E-state index contributed by atoms with van der Waals surface area (Å²) in [6.45, 7) is 2.80. The van der Waals surface area contributed by atoms with E-state index in [4.69, 9.17) is 0 Å². The van der Waals surface area contributed by atoms with Gasteiger partial charge in [0.2, 0.25) is 0 Å². The van der Waals surface area contributed by atoms with Crippen LogP contribution in [0.3, 0.4) is 0 Å². The molecule has 2 aromatic carbocycles. The molecule has 5 nitrogen and oxygen atoms in total. The van der Waals surface area contributed by atoms with E-state index < -0.39 is 0 Å². The molecule has 0 saturated carbocycles. The van der Waals surface area contributed by atoms with Gasteiger partial charge in [-0.1, -0.05) is 66.7 Å². The minimum Gasteiger partial charge on any atom is -0.360 e. The second kappa shape index (κ2) is 7.27. The topological polar surface area (TPSA) is 55.0 Å². The zero-order chi connectivity index (χ0) is 19.7. The molecule has 2 heterocycles. The molecule has 28 heavy (non-hydrogen) atoms. The van der Waals surface area contributed by atoms with Gasteiger partial charge in [-0.25, -0.2) is 4.68 Å². The lowest BCUT2D eigenvalue weighted by Gasteiger charge is -2.15. The van der Waals surface area contributed by atoms with Crippen LogP contribution in [0.2, 0.25) is 0 Å². The largest absolute Gasteiger partial charge is 0.360 e. The van der Waals surface area contributed by atoms with Gasteiger partial charge in [-0.2, -0.15) is 5.10 Å². The number of hydrogen-bond donors (Lipinski definition) is 0. The summed E-state index contributed by atoms with van der Waals surface area (Å²) in [5, 5.41) is 4.44. The van der Waals surface area contributed by atoms with E-state index in [1.807, 2.05) is 72.5 Å². The minimum absolute atomic E-state index is 0.220. The second-order valence-electron chi connectivity index (χ2n) is 6.98. The number of ketones is 1. The Morgan fingerprint density at radius 2 is 1.68 bits per heavy atom. The molecule has 0 amide bonds. The van der Waals surface area contributed by atoms with Crippen LogP contribution in [-0.4, -0.2) is 28.2 Å². The molecule has 3 aromatic rings. The highest BCUT2D eigenvalue weighted by molar-refractivity contribution is 6.14. The van der Waals surface area contributed by atoms with Crippen molar-refractivity contribution in [3.8, 4) is 11.3 Å². The van der Waals surface area contributed by atoms with Crippen LogP contribution < -0.4 is 10.5 Å². The lowest BCUT2D eigenvalue weighted by molar-refractivity contribution is 0.104. The summed E-state index contributed by atoms with van der Waals surface area (Å²) in [5.74, 6) is -0.220. The molecule has 1 aliphatic rings. The van der Waals surface area contributed by atoms with Crippen LogP contribution in [0.25, 0.3) is 17.3 Å². The third kappa shape index (κ3) is 3.39. The summed E-state index contributed by atoms with van der Waals surface area (Å²) in [5.41, 5.74) is 2.82. The van der Waals surface area contributed by atoms with Crippen LogP contribution in [0.5, 0.6) is 0 Å². The fraction of sp³-hybridized carbons (Fsp3) is 0.174. The SMILES string of the molecule is CC1CN1c1c(C(=O)/C=C/c2ccccc2)c(-c2ccccc2)nn(C)c1=O. The van der Waals surface area contributed by atoms with Crippen LogP contribution in [0, 0.1) is 0 Å². The number of nitrogens with zero attached hydrogens (tertiary/aromatic N) is 3. The first-order valence-corrected chi connectivity index (χ1v) is 9.27. The van der Waals surface area contributed by atoms with Crippen molar-refractivity contribution in [2.45, 2.75) is 13.0 Å². The zero-order valence-corrected chi connectivity index (χ0v) is 15.9. The monoisotopic (exact) mass is 371 g/mol. The predicted octanol–water partition coefficient (Wildman–Crippen LogP) is 3.55. The van der Waals surface area contributed by atoms with Crippen LogP contribution >= 0.6 is 0 Å². The van der Waals surface area contributed by atoms with Crippen LogP contribution in [-0.2, 0) is 7.05 Å². The molecule has 1 fully saturated rings. The lowest BCUT2D eigenvalue weighted by Crippen LogP contribution is -2.27. The van der Waals surface area contributed by atoms with Crippen molar-refractivity contribution in [2.75, 3.05) is 11.4 Å².